The summed E-state index contributed by atoms with van der Waals surface area (Å²) >= 11 is 0. The Bertz CT molecular complexity index is 790. The number of nitriles is 1. The Hall–Kier alpha value is -2.07. The Labute approximate surface area is 203 Å². The zero-order valence-electron chi connectivity index (χ0n) is 21.0. The number of unbranched alkanes of at least 4 members (excludes halogenated alkanes) is 2. The van der Waals surface area contributed by atoms with Gasteiger partial charge in [-0.25, -0.2) is 0 Å². The van der Waals surface area contributed by atoms with E-state index in [9.17, 15) is 0 Å². The second-order valence-electron chi connectivity index (χ2n) is 10.5. The average molecular weight is 444 g/mol. The molecule has 0 aromatic heterocycles. The number of hydrogen-bond acceptors (Lipinski definition) is 1. The molecule has 0 saturated heterocycles. The fourth-order valence-electron chi connectivity index (χ4n) is 6.09. The van der Waals surface area contributed by atoms with Crippen molar-refractivity contribution in [1.29, 1.82) is 5.26 Å². The highest BCUT2D eigenvalue weighted by molar-refractivity contribution is 5.26. The van der Waals surface area contributed by atoms with Gasteiger partial charge in [-0.15, -0.1) is 0 Å². The van der Waals surface area contributed by atoms with Crippen molar-refractivity contribution in [2.75, 3.05) is 0 Å². The lowest BCUT2D eigenvalue weighted by atomic mass is 9.69. The third-order valence-electron chi connectivity index (χ3n) is 8.30. The molecular weight excluding hydrogens is 398 g/mol. The highest BCUT2D eigenvalue weighted by Crippen LogP contribution is 2.44. The summed E-state index contributed by atoms with van der Waals surface area (Å²) in [7, 11) is 0. The van der Waals surface area contributed by atoms with Crippen LogP contribution in [0.1, 0.15) is 107 Å². The summed E-state index contributed by atoms with van der Waals surface area (Å²) < 4.78 is 0. The summed E-state index contributed by atoms with van der Waals surface area (Å²) in [6, 6.07) is 11.6. The van der Waals surface area contributed by atoms with Crippen LogP contribution in [0.25, 0.3) is 0 Å². The SMILES string of the molecule is C=C([C@H]1CC[C@H](CC/C=C/C=C/C#N)CC1)[C@H]1CC[C@H](c2ccc(CCCCC)cc2)CC1. The molecule has 2 fully saturated rings. The molecule has 0 N–H and O–H groups in total. The molecule has 0 heterocycles. The van der Waals surface area contributed by atoms with Crippen molar-refractivity contribution in [3.05, 3.63) is 71.8 Å². The molecule has 0 radical (unpaired) electrons. The third kappa shape index (κ3) is 8.33. The van der Waals surface area contributed by atoms with Crippen LogP contribution in [0.3, 0.4) is 0 Å². The van der Waals surface area contributed by atoms with Crippen molar-refractivity contribution in [3.8, 4) is 6.07 Å². The predicted molar refractivity (Wildman–Crippen MR) is 142 cm³/mol. The van der Waals surface area contributed by atoms with E-state index >= 15 is 0 Å². The van der Waals surface area contributed by atoms with E-state index in [1.165, 1.54) is 95.1 Å². The molecule has 1 aromatic rings. The Morgan fingerprint density at radius 3 is 2.24 bits per heavy atom. The topological polar surface area (TPSA) is 23.8 Å². The van der Waals surface area contributed by atoms with E-state index in [0.717, 1.165) is 30.1 Å². The largest absolute Gasteiger partial charge is 0.193 e. The van der Waals surface area contributed by atoms with Crippen molar-refractivity contribution in [2.24, 2.45) is 17.8 Å². The Morgan fingerprint density at radius 2 is 1.61 bits per heavy atom. The molecule has 0 spiro atoms. The van der Waals surface area contributed by atoms with Gasteiger partial charge in [0.05, 0.1) is 6.07 Å². The molecule has 0 unspecified atom stereocenters. The minimum Gasteiger partial charge on any atom is -0.193 e. The first-order valence-electron chi connectivity index (χ1n) is 13.7. The van der Waals surface area contributed by atoms with Gasteiger partial charge in [-0.05, 0) is 112 Å². The standard InChI is InChI=1S/C32H45N/c1-3-4-8-11-27-15-19-31(20-16-27)32-23-21-30(22-24-32)26(2)29-17-13-28(14-18-29)12-9-6-5-7-10-25-33/h5-7,10,15-16,19-20,28-30,32H,2-4,8-9,11-14,17-18,21-24H2,1H3/b6-5+,10-7+/t28-,29-,30-,32-. The summed E-state index contributed by atoms with van der Waals surface area (Å²) in [5.41, 5.74) is 4.66. The molecule has 3 rings (SSSR count). The van der Waals surface area contributed by atoms with E-state index in [4.69, 9.17) is 5.26 Å². The summed E-state index contributed by atoms with van der Waals surface area (Å²) in [5, 5.41) is 8.52. The predicted octanol–water partition coefficient (Wildman–Crippen LogP) is 9.47. The van der Waals surface area contributed by atoms with Gasteiger partial charge in [-0.2, -0.15) is 5.26 Å². The number of benzene rings is 1. The highest BCUT2D eigenvalue weighted by atomic mass is 14.3. The highest BCUT2D eigenvalue weighted by Gasteiger charge is 2.29. The van der Waals surface area contributed by atoms with Crippen LogP contribution >= 0.6 is 0 Å². The third-order valence-corrected chi connectivity index (χ3v) is 8.30. The Morgan fingerprint density at radius 1 is 0.939 bits per heavy atom. The summed E-state index contributed by atoms with van der Waals surface area (Å²) in [4.78, 5) is 0. The molecule has 0 aliphatic heterocycles. The van der Waals surface area contributed by atoms with E-state index in [1.54, 1.807) is 11.1 Å². The van der Waals surface area contributed by atoms with Crippen LogP contribution in [-0.2, 0) is 6.42 Å². The zero-order chi connectivity index (χ0) is 23.3. The van der Waals surface area contributed by atoms with Gasteiger partial charge in [0.2, 0.25) is 0 Å². The minimum atomic E-state index is 0.755. The fourth-order valence-corrected chi connectivity index (χ4v) is 6.09. The normalized spacial score (nSPS) is 25.9. The Kier molecular flexibility index (Phi) is 11.0. The molecule has 33 heavy (non-hydrogen) atoms. The first-order valence-corrected chi connectivity index (χ1v) is 13.7. The number of allylic oxidation sites excluding steroid dienone is 5. The molecule has 2 aliphatic carbocycles. The number of nitrogens with zero attached hydrogens (tertiary/aromatic N) is 1. The maximum Gasteiger partial charge on any atom is 0.0912 e. The van der Waals surface area contributed by atoms with Crippen molar-refractivity contribution >= 4 is 0 Å². The van der Waals surface area contributed by atoms with Gasteiger partial charge < -0.3 is 0 Å². The number of aryl methyl sites for hydroxylation is 1. The van der Waals surface area contributed by atoms with Crippen LogP contribution < -0.4 is 0 Å². The van der Waals surface area contributed by atoms with Crippen molar-refractivity contribution < 1.29 is 0 Å². The summed E-state index contributed by atoms with van der Waals surface area (Å²) in [5.74, 6) is 3.15. The van der Waals surface area contributed by atoms with E-state index in [0.29, 0.717) is 0 Å². The van der Waals surface area contributed by atoms with Crippen LogP contribution in [0.15, 0.2) is 60.7 Å². The molecular formula is C32H45N. The van der Waals surface area contributed by atoms with E-state index < -0.39 is 0 Å². The van der Waals surface area contributed by atoms with Crippen molar-refractivity contribution in [1.82, 2.24) is 0 Å². The monoisotopic (exact) mass is 443 g/mol. The van der Waals surface area contributed by atoms with Gasteiger partial charge in [-0.1, -0.05) is 74.4 Å². The maximum absolute atomic E-state index is 8.52. The van der Waals surface area contributed by atoms with Crippen LogP contribution in [0.2, 0.25) is 0 Å². The van der Waals surface area contributed by atoms with Crippen molar-refractivity contribution in [3.63, 3.8) is 0 Å². The smallest absolute Gasteiger partial charge is 0.0912 e. The first kappa shape index (κ1) is 25.6. The van der Waals surface area contributed by atoms with E-state index in [1.807, 2.05) is 18.2 Å². The summed E-state index contributed by atoms with van der Waals surface area (Å²) in [6.45, 7) is 6.91. The van der Waals surface area contributed by atoms with Gasteiger partial charge in [0.15, 0.2) is 0 Å². The molecule has 0 bridgehead atoms. The van der Waals surface area contributed by atoms with Gasteiger partial charge in [0, 0.05) is 6.08 Å². The first-order chi connectivity index (χ1) is 16.2. The lowest BCUT2D eigenvalue weighted by molar-refractivity contribution is 0.260. The Balaban J connectivity index is 1.36. The van der Waals surface area contributed by atoms with Gasteiger partial charge in [0.25, 0.3) is 0 Å². The minimum absolute atomic E-state index is 0.755. The quantitative estimate of drug-likeness (QED) is 0.144. The molecule has 1 heteroatoms. The molecule has 0 amide bonds. The van der Waals surface area contributed by atoms with Crippen molar-refractivity contribution in [2.45, 2.75) is 103 Å². The zero-order valence-corrected chi connectivity index (χ0v) is 21.0. The lowest BCUT2D eigenvalue weighted by Crippen LogP contribution is -2.22. The van der Waals surface area contributed by atoms with Crippen LogP contribution in [0, 0.1) is 29.1 Å². The van der Waals surface area contributed by atoms with Crippen LogP contribution in [0.4, 0.5) is 0 Å². The van der Waals surface area contributed by atoms with Gasteiger partial charge >= 0.3 is 0 Å². The molecule has 178 valence electrons. The second kappa shape index (κ2) is 14.2. The van der Waals surface area contributed by atoms with Gasteiger partial charge in [-0.3, -0.25) is 0 Å². The van der Waals surface area contributed by atoms with Crippen LogP contribution in [0.5, 0.6) is 0 Å². The maximum atomic E-state index is 8.52. The summed E-state index contributed by atoms with van der Waals surface area (Å²) in [6.07, 6.45) is 26.0. The average Bonchev–Trinajstić information content (AvgIpc) is 2.87. The molecule has 1 nitrogen and oxygen atoms in total. The van der Waals surface area contributed by atoms with Crippen LogP contribution in [-0.4, -0.2) is 0 Å². The number of hydrogen-bond donors (Lipinski definition) is 0. The second-order valence-corrected chi connectivity index (χ2v) is 10.5. The molecule has 1 aromatic carbocycles. The molecule has 2 saturated carbocycles. The van der Waals surface area contributed by atoms with E-state index in [2.05, 4.69) is 43.8 Å². The van der Waals surface area contributed by atoms with E-state index in [-0.39, 0.29) is 0 Å². The number of rotatable bonds is 11. The fraction of sp³-hybridized carbons (Fsp3) is 0.594. The molecule has 0 atom stereocenters. The van der Waals surface area contributed by atoms with Gasteiger partial charge in [0.1, 0.15) is 0 Å². The lowest BCUT2D eigenvalue weighted by Gasteiger charge is -2.36. The molecule has 2 aliphatic rings.